The predicted octanol–water partition coefficient (Wildman–Crippen LogP) is 0.259. The lowest BCUT2D eigenvalue weighted by Gasteiger charge is -2.12. The number of anilines is 1. The second kappa shape index (κ2) is 4.40. The molecule has 90 valence electrons. The molecule has 6 nitrogen and oxygen atoms in total. The number of likely N-dealkylation sites (tertiary alicyclic amines) is 1. The molecule has 1 aliphatic heterocycles. The van der Waals surface area contributed by atoms with Crippen molar-refractivity contribution in [1.29, 1.82) is 0 Å². The number of carbonyl (C=O) groups is 2. The summed E-state index contributed by atoms with van der Waals surface area (Å²) in [7, 11) is 3.00. The van der Waals surface area contributed by atoms with Crippen molar-refractivity contribution < 1.29 is 14.3 Å². The standard InChI is InChI=1S/C11H13N3O3/c1-14-10(15)6-8(11(14)16)13-7-3-4-12-9(5-7)17-2/h3-5,8H,6H2,1-2H3,(H,12,13). The van der Waals surface area contributed by atoms with Crippen molar-refractivity contribution in [3.8, 4) is 5.88 Å². The number of amides is 2. The monoisotopic (exact) mass is 235 g/mol. The van der Waals surface area contributed by atoms with Gasteiger partial charge in [-0.05, 0) is 6.07 Å². The van der Waals surface area contributed by atoms with Gasteiger partial charge >= 0.3 is 0 Å². The van der Waals surface area contributed by atoms with E-state index in [0.29, 0.717) is 11.6 Å². The number of rotatable bonds is 3. The van der Waals surface area contributed by atoms with Crippen LogP contribution in [0.25, 0.3) is 0 Å². The lowest BCUT2D eigenvalue weighted by Crippen LogP contribution is -2.31. The maximum Gasteiger partial charge on any atom is 0.251 e. The Kier molecular flexibility index (Phi) is 2.95. The quantitative estimate of drug-likeness (QED) is 0.761. The van der Waals surface area contributed by atoms with Crippen molar-refractivity contribution in [1.82, 2.24) is 9.88 Å². The van der Waals surface area contributed by atoms with Crippen molar-refractivity contribution in [2.75, 3.05) is 19.5 Å². The van der Waals surface area contributed by atoms with E-state index < -0.39 is 6.04 Å². The van der Waals surface area contributed by atoms with E-state index >= 15 is 0 Å². The van der Waals surface area contributed by atoms with Gasteiger partial charge in [-0.3, -0.25) is 14.5 Å². The molecule has 1 fully saturated rings. The molecule has 1 aromatic heterocycles. The molecule has 17 heavy (non-hydrogen) atoms. The first kappa shape index (κ1) is 11.4. The summed E-state index contributed by atoms with van der Waals surface area (Å²) in [6.45, 7) is 0. The summed E-state index contributed by atoms with van der Waals surface area (Å²) in [4.78, 5) is 28.1. The van der Waals surface area contributed by atoms with Gasteiger partial charge < -0.3 is 10.1 Å². The zero-order valence-electron chi connectivity index (χ0n) is 9.64. The Morgan fingerprint density at radius 2 is 2.29 bits per heavy atom. The first-order valence-corrected chi connectivity index (χ1v) is 5.19. The molecule has 0 aliphatic carbocycles. The molecule has 1 aliphatic rings. The topological polar surface area (TPSA) is 71.5 Å². The van der Waals surface area contributed by atoms with Crippen LogP contribution >= 0.6 is 0 Å². The maximum absolute atomic E-state index is 11.7. The van der Waals surface area contributed by atoms with Crippen LogP contribution in [0.15, 0.2) is 18.3 Å². The molecule has 1 aromatic rings. The van der Waals surface area contributed by atoms with E-state index in [1.807, 2.05) is 0 Å². The second-order valence-electron chi connectivity index (χ2n) is 3.78. The average Bonchev–Trinajstić information content (AvgIpc) is 2.57. The summed E-state index contributed by atoms with van der Waals surface area (Å²) in [5, 5.41) is 2.99. The minimum absolute atomic E-state index is 0.173. The van der Waals surface area contributed by atoms with E-state index in [9.17, 15) is 9.59 Å². The Bertz CT molecular complexity index is 461. The average molecular weight is 235 g/mol. The second-order valence-corrected chi connectivity index (χ2v) is 3.78. The van der Waals surface area contributed by atoms with E-state index in [1.165, 1.54) is 14.2 Å². The maximum atomic E-state index is 11.7. The predicted molar refractivity (Wildman–Crippen MR) is 60.6 cm³/mol. The van der Waals surface area contributed by atoms with Crippen LogP contribution in [0, 0.1) is 0 Å². The molecule has 0 saturated carbocycles. The van der Waals surface area contributed by atoms with Gasteiger partial charge in [-0.2, -0.15) is 0 Å². The molecule has 1 N–H and O–H groups in total. The zero-order chi connectivity index (χ0) is 12.4. The summed E-state index contributed by atoms with van der Waals surface area (Å²) >= 11 is 0. The number of nitrogens with zero attached hydrogens (tertiary/aromatic N) is 2. The number of likely N-dealkylation sites (N-methyl/N-ethyl adjacent to an activating group) is 1. The van der Waals surface area contributed by atoms with Gasteiger partial charge in [0.25, 0.3) is 5.91 Å². The molecule has 1 saturated heterocycles. The highest BCUT2D eigenvalue weighted by Crippen LogP contribution is 2.19. The number of nitrogens with one attached hydrogen (secondary N) is 1. The van der Waals surface area contributed by atoms with Crippen LogP contribution in [0.5, 0.6) is 5.88 Å². The van der Waals surface area contributed by atoms with E-state index in [1.54, 1.807) is 18.3 Å². The van der Waals surface area contributed by atoms with Gasteiger partial charge in [0.15, 0.2) is 0 Å². The van der Waals surface area contributed by atoms with E-state index in [-0.39, 0.29) is 18.2 Å². The number of pyridine rings is 1. The number of ether oxygens (including phenoxy) is 1. The third kappa shape index (κ3) is 2.20. The Hall–Kier alpha value is -2.11. The molecular weight excluding hydrogens is 222 g/mol. The summed E-state index contributed by atoms with van der Waals surface area (Å²) < 4.78 is 4.98. The lowest BCUT2D eigenvalue weighted by atomic mass is 10.2. The van der Waals surface area contributed by atoms with Gasteiger partial charge in [-0.1, -0.05) is 0 Å². The molecule has 2 amide bonds. The van der Waals surface area contributed by atoms with Crippen LogP contribution in [0.1, 0.15) is 6.42 Å². The Morgan fingerprint density at radius 1 is 1.53 bits per heavy atom. The molecule has 1 unspecified atom stereocenters. The van der Waals surface area contributed by atoms with Crippen molar-refractivity contribution in [2.24, 2.45) is 0 Å². The van der Waals surface area contributed by atoms with Crippen LogP contribution in [0.3, 0.4) is 0 Å². The van der Waals surface area contributed by atoms with E-state index in [0.717, 1.165) is 4.90 Å². The van der Waals surface area contributed by atoms with Gasteiger partial charge in [0.1, 0.15) is 6.04 Å². The van der Waals surface area contributed by atoms with Crippen LogP contribution in [-0.2, 0) is 9.59 Å². The number of methoxy groups -OCH3 is 1. The number of hydrogen-bond acceptors (Lipinski definition) is 5. The van der Waals surface area contributed by atoms with Crippen LogP contribution < -0.4 is 10.1 Å². The first-order valence-electron chi connectivity index (χ1n) is 5.19. The van der Waals surface area contributed by atoms with E-state index in [2.05, 4.69) is 10.3 Å². The molecule has 2 heterocycles. The molecule has 1 atom stereocenters. The van der Waals surface area contributed by atoms with Gasteiger partial charge in [0.05, 0.1) is 13.5 Å². The van der Waals surface area contributed by atoms with E-state index in [4.69, 9.17) is 4.74 Å². The molecule has 0 radical (unpaired) electrons. The molecule has 6 heteroatoms. The minimum Gasteiger partial charge on any atom is -0.481 e. The van der Waals surface area contributed by atoms with Crippen molar-refractivity contribution in [2.45, 2.75) is 12.5 Å². The molecule has 0 spiro atoms. The van der Waals surface area contributed by atoms with Gasteiger partial charge in [0, 0.05) is 25.0 Å². The summed E-state index contributed by atoms with van der Waals surface area (Å²) in [6.07, 6.45) is 1.76. The number of imide groups is 1. The SMILES string of the molecule is COc1cc(NC2CC(=O)N(C)C2=O)ccn1. The molecular formula is C11H13N3O3. The summed E-state index contributed by atoms with van der Waals surface area (Å²) in [6, 6.07) is 2.90. The Labute approximate surface area is 98.6 Å². The lowest BCUT2D eigenvalue weighted by molar-refractivity contribution is -0.136. The van der Waals surface area contributed by atoms with Crippen LogP contribution in [0.2, 0.25) is 0 Å². The summed E-state index contributed by atoms with van der Waals surface area (Å²) in [5.41, 5.74) is 0.707. The molecule has 0 bridgehead atoms. The fraction of sp³-hybridized carbons (Fsp3) is 0.364. The minimum atomic E-state index is -0.500. The molecule has 2 rings (SSSR count). The normalized spacial score (nSPS) is 19.6. The summed E-state index contributed by atoms with van der Waals surface area (Å²) in [5.74, 6) is 0.0689. The molecule has 0 aromatic carbocycles. The van der Waals surface area contributed by atoms with Crippen molar-refractivity contribution in [3.63, 3.8) is 0 Å². The third-order valence-corrected chi connectivity index (χ3v) is 2.67. The van der Waals surface area contributed by atoms with Crippen LogP contribution in [0.4, 0.5) is 5.69 Å². The number of aromatic nitrogens is 1. The highest BCUT2D eigenvalue weighted by atomic mass is 16.5. The van der Waals surface area contributed by atoms with Crippen molar-refractivity contribution >= 4 is 17.5 Å². The largest absolute Gasteiger partial charge is 0.481 e. The highest BCUT2D eigenvalue weighted by Gasteiger charge is 2.35. The smallest absolute Gasteiger partial charge is 0.251 e. The number of carbonyl (C=O) groups excluding carboxylic acids is 2. The Balaban J connectivity index is 2.11. The fourth-order valence-electron chi connectivity index (χ4n) is 1.68. The van der Waals surface area contributed by atoms with Crippen LogP contribution in [-0.4, -0.2) is 41.9 Å². The van der Waals surface area contributed by atoms with Gasteiger partial charge in [-0.25, -0.2) is 4.98 Å². The third-order valence-electron chi connectivity index (χ3n) is 2.67. The number of hydrogen-bond donors (Lipinski definition) is 1. The first-order chi connectivity index (χ1) is 8.11. The highest BCUT2D eigenvalue weighted by molar-refractivity contribution is 6.06. The Morgan fingerprint density at radius 3 is 2.88 bits per heavy atom. The van der Waals surface area contributed by atoms with Gasteiger partial charge in [-0.15, -0.1) is 0 Å². The fourth-order valence-corrected chi connectivity index (χ4v) is 1.68. The van der Waals surface area contributed by atoms with Crippen molar-refractivity contribution in [3.05, 3.63) is 18.3 Å². The van der Waals surface area contributed by atoms with Gasteiger partial charge in [0.2, 0.25) is 11.8 Å². The zero-order valence-corrected chi connectivity index (χ0v) is 9.64.